The quantitative estimate of drug-likeness (QED) is 0.799. The minimum absolute atomic E-state index is 0.105. The number of carbonyl (C=O) groups excluding carboxylic acids is 1. The molecule has 0 spiro atoms. The van der Waals surface area contributed by atoms with Crippen LogP contribution in [-0.4, -0.2) is 45.8 Å². The standard InChI is InChI=1S/C14H20ClN3O2/c1-14(2,9-15)13(19)18-7-4-11(5-8-18)20-12-3-6-16-10-17-12/h3,6,10-11H,4-5,7-9H2,1-2H3. The van der Waals surface area contributed by atoms with E-state index in [0.29, 0.717) is 24.8 Å². The number of carbonyl (C=O) groups is 1. The average Bonchev–Trinajstić information content (AvgIpc) is 2.48. The Balaban J connectivity index is 1.85. The molecule has 0 unspecified atom stereocenters. The number of halogens is 1. The minimum Gasteiger partial charge on any atom is -0.474 e. The zero-order chi connectivity index (χ0) is 14.6. The first-order valence-electron chi connectivity index (χ1n) is 6.81. The Hall–Kier alpha value is -1.36. The van der Waals surface area contributed by atoms with Crippen molar-refractivity contribution in [3.05, 3.63) is 18.6 Å². The molecular formula is C14H20ClN3O2. The van der Waals surface area contributed by atoms with Crippen LogP contribution in [0.4, 0.5) is 0 Å². The summed E-state index contributed by atoms with van der Waals surface area (Å²) in [4.78, 5) is 22.1. The molecule has 1 aromatic rings. The smallest absolute Gasteiger partial charge is 0.229 e. The van der Waals surface area contributed by atoms with Gasteiger partial charge < -0.3 is 9.64 Å². The van der Waals surface area contributed by atoms with Crippen molar-refractivity contribution in [3.63, 3.8) is 0 Å². The minimum atomic E-state index is -0.498. The van der Waals surface area contributed by atoms with Gasteiger partial charge in [0.05, 0.1) is 5.41 Å². The van der Waals surface area contributed by atoms with Crippen LogP contribution in [0.2, 0.25) is 0 Å². The zero-order valence-electron chi connectivity index (χ0n) is 11.9. The van der Waals surface area contributed by atoms with Gasteiger partial charge in [-0.25, -0.2) is 9.97 Å². The molecule has 0 saturated carbocycles. The fraction of sp³-hybridized carbons (Fsp3) is 0.643. The molecule has 5 nitrogen and oxygen atoms in total. The van der Waals surface area contributed by atoms with Gasteiger partial charge in [-0.05, 0) is 13.8 Å². The second-order valence-corrected chi connectivity index (χ2v) is 5.94. The topological polar surface area (TPSA) is 55.3 Å². The largest absolute Gasteiger partial charge is 0.474 e. The molecule has 0 radical (unpaired) electrons. The Labute approximate surface area is 124 Å². The molecule has 2 rings (SSSR count). The van der Waals surface area contributed by atoms with E-state index in [4.69, 9.17) is 16.3 Å². The second kappa shape index (κ2) is 6.39. The fourth-order valence-electron chi connectivity index (χ4n) is 2.18. The maximum atomic E-state index is 12.3. The number of rotatable bonds is 4. The highest BCUT2D eigenvalue weighted by atomic mass is 35.5. The number of hydrogen-bond donors (Lipinski definition) is 0. The SMILES string of the molecule is CC(C)(CCl)C(=O)N1CCC(Oc2ccncn2)CC1. The van der Waals surface area contributed by atoms with E-state index in [1.165, 1.54) is 6.33 Å². The molecule has 0 N–H and O–H groups in total. The highest BCUT2D eigenvalue weighted by Crippen LogP contribution is 2.24. The summed E-state index contributed by atoms with van der Waals surface area (Å²) in [7, 11) is 0. The number of ether oxygens (including phenoxy) is 1. The fourth-order valence-corrected chi connectivity index (χ4v) is 2.30. The van der Waals surface area contributed by atoms with Crippen LogP contribution in [-0.2, 0) is 4.79 Å². The van der Waals surface area contributed by atoms with Crippen molar-refractivity contribution in [1.29, 1.82) is 0 Å². The Kier molecular flexibility index (Phi) is 4.81. The maximum Gasteiger partial charge on any atom is 0.229 e. The van der Waals surface area contributed by atoms with E-state index >= 15 is 0 Å². The third-order valence-corrected chi connectivity index (χ3v) is 4.15. The van der Waals surface area contributed by atoms with E-state index in [1.54, 1.807) is 12.3 Å². The summed E-state index contributed by atoms with van der Waals surface area (Å²) in [6.07, 6.45) is 4.86. The van der Waals surface area contributed by atoms with Gasteiger partial charge in [-0.2, -0.15) is 0 Å². The molecule has 1 fully saturated rings. The Morgan fingerprint density at radius 2 is 2.20 bits per heavy atom. The first-order valence-corrected chi connectivity index (χ1v) is 7.34. The lowest BCUT2D eigenvalue weighted by Gasteiger charge is -2.36. The van der Waals surface area contributed by atoms with Gasteiger partial charge in [0.1, 0.15) is 12.4 Å². The van der Waals surface area contributed by atoms with Gasteiger partial charge in [-0.15, -0.1) is 11.6 Å². The van der Waals surface area contributed by atoms with E-state index in [1.807, 2.05) is 18.7 Å². The molecule has 20 heavy (non-hydrogen) atoms. The molecule has 110 valence electrons. The second-order valence-electron chi connectivity index (χ2n) is 5.67. The predicted octanol–water partition coefficient (Wildman–Crippen LogP) is 2.11. The summed E-state index contributed by atoms with van der Waals surface area (Å²) in [6.45, 7) is 5.17. The number of piperidine rings is 1. The van der Waals surface area contributed by atoms with Crippen LogP contribution in [0.5, 0.6) is 5.88 Å². The highest BCUT2D eigenvalue weighted by Gasteiger charge is 2.33. The van der Waals surface area contributed by atoms with Crippen LogP contribution >= 0.6 is 11.6 Å². The first-order chi connectivity index (χ1) is 9.53. The van der Waals surface area contributed by atoms with E-state index in [9.17, 15) is 4.79 Å². The lowest BCUT2D eigenvalue weighted by atomic mass is 9.93. The summed E-state index contributed by atoms with van der Waals surface area (Å²) in [6, 6.07) is 1.74. The normalized spacial score (nSPS) is 17.1. The predicted molar refractivity (Wildman–Crippen MR) is 76.8 cm³/mol. The molecule has 1 aliphatic heterocycles. The van der Waals surface area contributed by atoms with Gasteiger partial charge in [-0.3, -0.25) is 4.79 Å². The molecule has 0 aromatic carbocycles. The van der Waals surface area contributed by atoms with Crippen molar-refractivity contribution in [3.8, 4) is 5.88 Å². The number of alkyl halides is 1. The highest BCUT2D eigenvalue weighted by molar-refractivity contribution is 6.19. The van der Waals surface area contributed by atoms with Crippen LogP contribution < -0.4 is 4.74 Å². The van der Waals surface area contributed by atoms with Crippen LogP contribution in [0.3, 0.4) is 0 Å². The van der Waals surface area contributed by atoms with Crippen LogP contribution in [0.1, 0.15) is 26.7 Å². The maximum absolute atomic E-state index is 12.3. The van der Waals surface area contributed by atoms with E-state index in [-0.39, 0.29) is 12.0 Å². The Morgan fingerprint density at radius 1 is 1.50 bits per heavy atom. The van der Waals surface area contributed by atoms with Gasteiger partial charge in [0.2, 0.25) is 11.8 Å². The molecule has 1 amide bonds. The summed E-state index contributed by atoms with van der Waals surface area (Å²) in [5.74, 6) is 1.04. The first kappa shape index (κ1) is 15.0. The molecule has 0 atom stereocenters. The molecule has 2 heterocycles. The lowest BCUT2D eigenvalue weighted by molar-refractivity contribution is -0.141. The number of hydrogen-bond acceptors (Lipinski definition) is 4. The number of aromatic nitrogens is 2. The zero-order valence-corrected chi connectivity index (χ0v) is 12.6. The van der Waals surface area contributed by atoms with Crippen molar-refractivity contribution >= 4 is 17.5 Å². The molecule has 0 bridgehead atoms. The number of likely N-dealkylation sites (tertiary alicyclic amines) is 1. The summed E-state index contributed by atoms with van der Waals surface area (Å²) in [5, 5.41) is 0. The third kappa shape index (κ3) is 3.60. The van der Waals surface area contributed by atoms with Crippen LogP contribution in [0.25, 0.3) is 0 Å². The van der Waals surface area contributed by atoms with Gasteiger partial charge >= 0.3 is 0 Å². The molecule has 1 saturated heterocycles. The van der Waals surface area contributed by atoms with Crippen molar-refractivity contribution in [2.75, 3.05) is 19.0 Å². The van der Waals surface area contributed by atoms with Gasteiger partial charge in [0.15, 0.2) is 0 Å². The third-order valence-electron chi connectivity index (χ3n) is 3.48. The number of amides is 1. The molecular weight excluding hydrogens is 278 g/mol. The molecule has 1 aliphatic rings. The van der Waals surface area contributed by atoms with Gasteiger partial charge in [0, 0.05) is 44.1 Å². The molecule has 0 aliphatic carbocycles. The van der Waals surface area contributed by atoms with Crippen LogP contribution in [0.15, 0.2) is 18.6 Å². The Morgan fingerprint density at radius 3 is 2.75 bits per heavy atom. The molecule has 6 heteroatoms. The van der Waals surface area contributed by atoms with Gasteiger partial charge in [-0.1, -0.05) is 0 Å². The van der Waals surface area contributed by atoms with E-state index in [0.717, 1.165) is 12.8 Å². The van der Waals surface area contributed by atoms with Crippen molar-refractivity contribution in [1.82, 2.24) is 14.9 Å². The van der Waals surface area contributed by atoms with Crippen molar-refractivity contribution < 1.29 is 9.53 Å². The van der Waals surface area contributed by atoms with Crippen LogP contribution in [0, 0.1) is 5.41 Å². The van der Waals surface area contributed by atoms with Gasteiger partial charge in [0.25, 0.3) is 0 Å². The van der Waals surface area contributed by atoms with E-state index in [2.05, 4.69) is 9.97 Å². The van der Waals surface area contributed by atoms with Crippen molar-refractivity contribution in [2.24, 2.45) is 5.41 Å². The Bertz CT molecular complexity index is 445. The summed E-state index contributed by atoms with van der Waals surface area (Å²) in [5.41, 5.74) is -0.498. The monoisotopic (exact) mass is 297 g/mol. The summed E-state index contributed by atoms with van der Waals surface area (Å²) < 4.78 is 5.78. The number of nitrogens with zero attached hydrogens (tertiary/aromatic N) is 3. The average molecular weight is 298 g/mol. The molecule has 1 aromatic heterocycles. The van der Waals surface area contributed by atoms with E-state index < -0.39 is 5.41 Å². The summed E-state index contributed by atoms with van der Waals surface area (Å²) >= 11 is 5.86. The lowest BCUT2D eigenvalue weighted by Crippen LogP contribution is -2.47. The van der Waals surface area contributed by atoms with Crippen molar-refractivity contribution in [2.45, 2.75) is 32.8 Å².